The van der Waals surface area contributed by atoms with Crippen LogP contribution in [-0.2, 0) is 6.42 Å². The molecule has 0 unspecified atom stereocenters. The normalized spacial score (nSPS) is 10.8. The van der Waals surface area contributed by atoms with Gasteiger partial charge in [-0.1, -0.05) is 19.1 Å². The summed E-state index contributed by atoms with van der Waals surface area (Å²) in [6.07, 6.45) is 0.811. The van der Waals surface area contributed by atoms with Crippen LogP contribution in [0.4, 0.5) is 10.1 Å². The van der Waals surface area contributed by atoms with E-state index in [-0.39, 0.29) is 5.56 Å². The standard InChI is InChI=1S/C16H14FN3O/c1-2-15-19-13-8-7-10(9-14(13)20-15)18-16(21)11-5-3-4-6-12(11)17/h3-9H,2H2,1H3,(H,18,21)(H,19,20). The van der Waals surface area contributed by atoms with Gasteiger partial charge < -0.3 is 10.3 Å². The first-order chi connectivity index (χ1) is 10.2. The van der Waals surface area contributed by atoms with Gasteiger partial charge in [-0.3, -0.25) is 4.79 Å². The van der Waals surface area contributed by atoms with Crippen molar-refractivity contribution in [3.63, 3.8) is 0 Å². The lowest BCUT2D eigenvalue weighted by Gasteiger charge is -2.05. The first-order valence-electron chi connectivity index (χ1n) is 6.72. The number of H-pyrrole nitrogens is 1. The van der Waals surface area contributed by atoms with Crippen molar-refractivity contribution in [2.75, 3.05) is 5.32 Å². The lowest BCUT2D eigenvalue weighted by Crippen LogP contribution is -2.13. The van der Waals surface area contributed by atoms with Gasteiger partial charge in [-0.2, -0.15) is 0 Å². The van der Waals surface area contributed by atoms with Crippen LogP contribution in [0.25, 0.3) is 11.0 Å². The van der Waals surface area contributed by atoms with Gasteiger partial charge in [-0.15, -0.1) is 0 Å². The summed E-state index contributed by atoms with van der Waals surface area (Å²) < 4.78 is 13.6. The second-order valence-corrected chi connectivity index (χ2v) is 4.70. The maximum absolute atomic E-state index is 13.6. The Labute approximate surface area is 121 Å². The number of hydrogen-bond acceptors (Lipinski definition) is 2. The highest BCUT2D eigenvalue weighted by atomic mass is 19.1. The third-order valence-electron chi connectivity index (χ3n) is 3.24. The first-order valence-corrected chi connectivity index (χ1v) is 6.72. The number of aromatic nitrogens is 2. The minimum absolute atomic E-state index is 0.0245. The van der Waals surface area contributed by atoms with Gasteiger partial charge in [0.2, 0.25) is 0 Å². The molecule has 2 N–H and O–H groups in total. The first kappa shape index (κ1) is 13.3. The molecule has 0 radical (unpaired) electrons. The number of rotatable bonds is 3. The zero-order chi connectivity index (χ0) is 14.8. The van der Waals surface area contributed by atoms with Gasteiger partial charge >= 0.3 is 0 Å². The van der Waals surface area contributed by atoms with E-state index in [0.29, 0.717) is 5.69 Å². The van der Waals surface area contributed by atoms with Gasteiger partial charge in [0.25, 0.3) is 5.91 Å². The van der Waals surface area contributed by atoms with Crippen molar-refractivity contribution < 1.29 is 9.18 Å². The molecular weight excluding hydrogens is 269 g/mol. The highest BCUT2D eigenvalue weighted by Crippen LogP contribution is 2.18. The van der Waals surface area contributed by atoms with Gasteiger partial charge in [-0.05, 0) is 30.3 Å². The van der Waals surface area contributed by atoms with Crippen molar-refractivity contribution >= 4 is 22.6 Å². The Morgan fingerprint density at radius 2 is 2.10 bits per heavy atom. The molecule has 0 aliphatic rings. The van der Waals surface area contributed by atoms with E-state index in [1.165, 1.54) is 12.1 Å². The number of nitrogens with zero attached hydrogens (tertiary/aromatic N) is 1. The van der Waals surface area contributed by atoms with E-state index < -0.39 is 11.7 Å². The molecule has 4 nitrogen and oxygen atoms in total. The van der Waals surface area contributed by atoms with Gasteiger partial charge in [0, 0.05) is 12.1 Å². The van der Waals surface area contributed by atoms with Gasteiger partial charge in [0.05, 0.1) is 16.6 Å². The lowest BCUT2D eigenvalue weighted by atomic mass is 10.2. The topological polar surface area (TPSA) is 57.8 Å². The Bertz CT molecular complexity index is 810. The Morgan fingerprint density at radius 3 is 2.86 bits per heavy atom. The predicted octanol–water partition coefficient (Wildman–Crippen LogP) is 3.52. The number of carbonyl (C=O) groups excluding carboxylic acids is 1. The minimum Gasteiger partial charge on any atom is -0.342 e. The third-order valence-corrected chi connectivity index (χ3v) is 3.24. The van der Waals surface area contributed by atoms with Crippen molar-refractivity contribution in [1.29, 1.82) is 0 Å². The van der Waals surface area contributed by atoms with Crippen molar-refractivity contribution in [3.05, 3.63) is 59.7 Å². The third kappa shape index (κ3) is 2.63. The number of carbonyl (C=O) groups is 1. The number of nitrogens with one attached hydrogen (secondary N) is 2. The Balaban J connectivity index is 1.87. The highest BCUT2D eigenvalue weighted by Gasteiger charge is 2.11. The molecular formula is C16H14FN3O. The Morgan fingerprint density at radius 1 is 1.29 bits per heavy atom. The summed E-state index contributed by atoms with van der Waals surface area (Å²) in [6.45, 7) is 2.01. The molecule has 3 rings (SSSR count). The van der Waals surface area contributed by atoms with Crippen LogP contribution >= 0.6 is 0 Å². The molecule has 1 heterocycles. The molecule has 1 amide bonds. The molecule has 0 aliphatic carbocycles. The van der Waals surface area contributed by atoms with Gasteiger partial charge in [-0.25, -0.2) is 9.37 Å². The quantitative estimate of drug-likeness (QED) is 0.772. The number of benzene rings is 2. The number of halogens is 1. The summed E-state index contributed by atoms with van der Waals surface area (Å²) in [7, 11) is 0. The van der Waals surface area contributed by atoms with Crippen LogP contribution in [-0.4, -0.2) is 15.9 Å². The second-order valence-electron chi connectivity index (χ2n) is 4.70. The molecule has 106 valence electrons. The van der Waals surface area contributed by atoms with E-state index in [1.54, 1.807) is 24.3 Å². The fraction of sp³-hybridized carbons (Fsp3) is 0.125. The molecule has 21 heavy (non-hydrogen) atoms. The summed E-state index contributed by atoms with van der Waals surface area (Å²) >= 11 is 0. The molecule has 0 saturated heterocycles. The van der Waals surface area contributed by atoms with Gasteiger partial charge in [0.15, 0.2) is 0 Å². The van der Waals surface area contributed by atoms with Crippen LogP contribution in [0.1, 0.15) is 23.1 Å². The number of aryl methyl sites for hydroxylation is 1. The van der Waals surface area contributed by atoms with Crippen LogP contribution in [0.2, 0.25) is 0 Å². The van der Waals surface area contributed by atoms with E-state index in [4.69, 9.17) is 0 Å². The molecule has 1 aromatic heterocycles. The zero-order valence-electron chi connectivity index (χ0n) is 11.5. The average molecular weight is 283 g/mol. The average Bonchev–Trinajstić information content (AvgIpc) is 2.90. The molecule has 0 spiro atoms. The van der Waals surface area contributed by atoms with E-state index in [0.717, 1.165) is 23.3 Å². The number of anilines is 1. The summed E-state index contributed by atoms with van der Waals surface area (Å²) in [5.41, 5.74) is 2.31. The van der Waals surface area contributed by atoms with Crippen molar-refractivity contribution in [1.82, 2.24) is 9.97 Å². The van der Waals surface area contributed by atoms with Crippen molar-refractivity contribution in [2.45, 2.75) is 13.3 Å². The molecule has 5 heteroatoms. The summed E-state index contributed by atoms with van der Waals surface area (Å²) in [6, 6.07) is 11.3. The maximum atomic E-state index is 13.6. The Kier molecular flexibility index (Phi) is 3.39. The molecule has 3 aromatic rings. The number of fused-ring (bicyclic) bond motifs is 1. The second kappa shape index (κ2) is 5.36. The Hall–Kier alpha value is -2.69. The fourth-order valence-corrected chi connectivity index (χ4v) is 2.15. The smallest absolute Gasteiger partial charge is 0.258 e. The summed E-state index contributed by atoms with van der Waals surface area (Å²) in [5.74, 6) is -0.115. The molecule has 0 aliphatic heterocycles. The van der Waals surface area contributed by atoms with Crippen molar-refractivity contribution in [2.24, 2.45) is 0 Å². The monoisotopic (exact) mass is 283 g/mol. The molecule has 0 fully saturated rings. The number of amides is 1. The lowest BCUT2D eigenvalue weighted by molar-refractivity contribution is 0.102. The molecule has 0 atom stereocenters. The number of hydrogen-bond donors (Lipinski definition) is 2. The van der Waals surface area contributed by atoms with Crippen molar-refractivity contribution in [3.8, 4) is 0 Å². The zero-order valence-corrected chi connectivity index (χ0v) is 11.5. The minimum atomic E-state index is -0.536. The van der Waals surface area contributed by atoms with E-state index in [9.17, 15) is 9.18 Å². The van der Waals surface area contributed by atoms with Crippen LogP contribution < -0.4 is 5.32 Å². The fourth-order valence-electron chi connectivity index (χ4n) is 2.15. The van der Waals surface area contributed by atoms with E-state index in [2.05, 4.69) is 15.3 Å². The maximum Gasteiger partial charge on any atom is 0.258 e. The highest BCUT2D eigenvalue weighted by molar-refractivity contribution is 6.05. The summed E-state index contributed by atoms with van der Waals surface area (Å²) in [4.78, 5) is 19.6. The molecule has 0 bridgehead atoms. The molecule has 2 aromatic carbocycles. The largest absolute Gasteiger partial charge is 0.342 e. The number of imidazole rings is 1. The predicted molar refractivity (Wildman–Crippen MR) is 79.8 cm³/mol. The SMILES string of the molecule is CCc1nc2ccc(NC(=O)c3ccccc3F)cc2[nH]1. The van der Waals surface area contributed by atoms with E-state index in [1.807, 2.05) is 13.0 Å². The van der Waals surface area contributed by atoms with Crippen LogP contribution in [0.3, 0.4) is 0 Å². The number of aromatic amines is 1. The van der Waals surface area contributed by atoms with Gasteiger partial charge in [0.1, 0.15) is 11.6 Å². The summed E-state index contributed by atoms with van der Waals surface area (Å²) in [5, 5.41) is 2.69. The molecule has 0 saturated carbocycles. The van der Waals surface area contributed by atoms with Crippen LogP contribution in [0, 0.1) is 5.82 Å². The van der Waals surface area contributed by atoms with Crippen LogP contribution in [0.15, 0.2) is 42.5 Å². The van der Waals surface area contributed by atoms with E-state index >= 15 is 0 Å². The van der Waals surface area contributed by atoms with Crippen LogP contribution in [0.5, 0.6) is 0 Å².